The Balaban J connectivity index is 2.75. The Morgan fingerprint density at radius 3 is 3.00 bits per heavy atom. The van der Waals surface area contributed by atoms with Crippen LogP contribution in [0.15, 0.2) is 18.3 Å². The van der Waals surface area contributed by atoms with Gasteiger partial charge in [-0.1, -0.05) is 0 Å². The van der Waals surface area contributed by atoms with Gasteiger partial charge in [0.1, 0.15) is 0 Å². The van der Waals surface area contributed by atoms with E-state index < -0.39 is 5.97 Å². The van der Waals surface area contributed by atoms with Gasteiger partial charge in [0, 0.05) is 12.1 Å². The first-order valence-electron chi connectivity index (χ1n) is 2.67. The van der Waals surface area contributed by atoms with Gasteiger partial charge in [0.15, 0.2) is 0 Å². The van der Waals surface area contributed by atoms with Crippen LogP contribution in [0.1, 0.15) is 5.69 Å². The summed E-state index contributed by atoms with van der Waals surface area (Å²) >= 11 is 0. The fourth-order valence-electron chi connectivity index (χ4n) is 0.529. The number of carboxylic acid groups (broad SMARTS) is 1. The van der Waals surface area contributed by atoms with E-state index in [1.807, 2.05) is 5.92 Å². The molecule has 1 aromatic heterocycles. The minimum atomic E-state index is -1.12. The topological polar surface area (TPSA) is 53.1 Å². The molecule has 1 rings (SSSR count). The number of aromatic amines is 1. The van der Waals surface area contributed by atoms with Crippen LogP contribution in [0.25, 0.3) is 0 Å². The van der Waals surface area contributed by atoms with Crippen molar-refractivity contribution in [3.63, 3.8) is 0 Å². The number of aromatic nitrogens is 1. The normalized spacial score (nSPS) is 8.00. The van der Waals surface area contributed by atoms with E-state index in [4.69, 9.17) is 5.11 Å². The van der Waals surface area contributed by atoms with Gasteiger partial charge in [0.25, 0.3) is 0 Å². The van der Waals surface area contributed by atoms with Gasteiger partial charge in [-0.3, -0.25) is 0 Å². The lowest BCUT2D eigenvalue weighted by atomic mass is 10.4. The Morgan fingerprint density at radius 1 is 1.70 bits per heavy atom. The summed E-state index contributed by atoms with van der Waals surface area (Å²) in [6, 6.07) is 3.46. The molecule has 50 valence electrons. The molecule has 0 unspecified atom stereocenters. The maximum Gasteiger partial charge on any atom is 0.382 e. The molecule has 0 saturated heterocycles. The van der Waals surface area contributed by atoms with E-state index in [9.17, 15) is 4.79 Å². The number of hydrogen-bond acceptors (Lipinski definition) is 1. The zero-order valence-corrected chi connectivity index (χ0v) is 5.09. The molecule has 10 heavy (non-hydrogen) atoms. The van der Waals surface area contributed by atoms with Crippen molar-refractivity contribution < 1.29 is 9.90 Å². The molecule has 0 aliphatic heterocycles. The summed E-state index contributed by atoms with van der Waals surface area (Å²) in [6.45, 7) is 0. The maximum atomic E-state index is 9.91. The molecule has 0 aromatic carbocycles. The molecule has 0 radical (unpaired) electrons. The summed E-state index contributed by atoms with van der Waals surface area (Å²) in [7, 11) is 0. The van der Waals surface area contributed by atoms with Crippen LogP contribution in [-0.2, 0) is 4.79 Å². The zero-order valence-electron chi connectivity index (χ0n) is 5.09. The molecule has 0 fully saturated rings. The van der Waals surface area contributed by atoms with Crippen LogP contribution in [0.3, 0.4) is 0 Å². The predicted octanol–water partition coefficient (Wildman–Crippen LogP) is 0.451. The zero-order chi connectivity index (χ0) is 7.40. The van der Waals surface area contributed by atoms with E-state index in [0.717, 1.165) is 0 Å². The van der Waals surface area contributed by atoms with E-state index in [1.54, 1.807) is 18.3 Å². The molecule has 1 heterocycles. The molecule has 0 aliphatic rings. The van der Waals surface area contributed by atoms with Crippen molar-refractivity contribution in [1.29, 1.82) is 0 Å². The van der Waals surface area contributed by atoms with Gasteiger partial charge in [-0.25, -0.2) is 4.79 Å². The lowest BCUT2D eigenvalue weighted by Gasteiger charge is -1.75. The molecular formula is C7H5NO2. The summed E-state index contributed by atoms with van der Waals surface area (Å²) in [4.78, 5) is 12.7. The van der Waals surface area contributed by atoms with Gasteiger partial charge >= 0.3 is 5.97 Å². The molecule has 1 aromatic rings. The summed E-state index contributed by atoms with van der Waals surface area (Å²) in [5.41, 5.74) is 0.613. The first-order valence-corrected chi connectivity index (χ1v) is 2.67. The maximum absolute atomic E-state index is 9.91. The molecule has 0 bridgehead atoms. The molecule has 2 N–H and O–H groups in total. The number of carboxylic acids is 1. The minimum absolute atomic E-state index is 0.613. The summed E-state index contributed by atoms with van der Waals surface area (Å²) in [5.74, 6) is 3.29. The highest BCUT2D eigenvalue weighted by Crippen LogP contribution is 1.88. The van der Waals surface area contributed by atoms with E-state index in [1.165, 1.54) is 0 Å². The van der Waals surface area contributed by atoms with Crippen molar-refractivity contribution in [2.75, 3.05) is 0 Å². The fourth-order valence-corrected chi connectivity index (χ4v) is 0.529. The second kappa shape index (κ2) is 2.74. The summed E-state index contributed by atoms with van der Waals surface area (Å²) in [5, 5.41) is 8.12. The average Bonchev–Trinajstić information content (AvgIpc) is 2.34. The van der Waals surface area contributed by atoms with E-state index in [-0.39, 0.29) is 0 Å². The van der Waals surface area contributed by atoms with Crippen LogP contribution in [0, 0.1) is 11.8 Å². The average molecular weight is 135 g/mol. The standard InChI is InChI=1S/C7H5NO2/c9-7(10)4-3-6-2-1-5-8-6/h1-2,5,8H,(H,9,10). The van der Waals surface area contributed by atoms with Crippen molar-refractivity contribution in [2.24, 2.45) is 0 Å². The highest BCUT2D eigenvalue weighted by atomic mass is 16.4. The third-order valence-corrected chi connectivity index (χ3v) is 0.902. The lowest BCUT2D eigenvalue weighted by Crippen LogP contribution is -1.86. The Hall–Kier alpha value is -1.69. The number of H-pyrrole nitrogens is 1. The molecular weight excluding hydrogens is 130 g/mol. The second-order valence-corrected chi connectivity index (χ2v) is 1.64. The summed E-state index contributed by atoms with van der Waals surface area (Å²) < 4.78 is 0. The quantitative estimate of drug-likeness (QED) is 0.507. The third kappa shape index (κ3) is 1.67. The van der Waals surface area contributed by atoms with Gasteiger partial charge in [-0.15, -0.1) is 0 Å². The van der Waals surface area contributed by atoms with E-state index in [0.29, 0.717) is 5.69 Å². The Bertz CT molecular complexity index is 276. The molecule has 0 spiro atoms. The van der Waals surface area contributed by atoms with Crippen molar-refractivity contribution >= 4 is 5.97 Å². The predicted molar refractivity (Wildman–Crippen MR) is 35.3 cm³/mol. The van der Waals surface area contributed by atoms with Gasteiger partial charge in [0.2, 0.25) is 0 Å². The Morgan fingerprint density at radius 2 is 2.50 bits per heavy atom. The minimum Gasteiger partial charge on any atom is -0.472 e. The Labute approximate surface area is 57.7 Å². The lowest BCUT2D eigenvalue weighted by molar-refractivity contribution is -0.130. The summed E-state index contributed by atoms with van der Waals surface area (Å²) in [6.07, 6.45) is 1.69. The molecule has 0 amide bonds. The molecule has 3 nitrogen and oxygen atoms in total. The monoisotopic (exact) mass is 135 g/mol. The highest BCUT2D eigenvalue weighted by molar-refractivity contribution is 5.87. The second-order valence-electron chi connectivity index (χ2n) is 1.64. The van der Waals surface area contributed by atoms with Gasteiger partial charge < -0.3 is 10.1 Å². The smallest absolute Gasteiger partial charge is 0.382 e. The molecule has 3 heteroatoms. The Kier molecular flexibility index (Phi) is 1.76. The van der Waals surface area contributed by atoms with Gasteiger partial charge in [-0.05, 0) is 18.1 Å². The number of rotatable bonds is 0. The van der Waals surface area contributed by atoms with Gasteiger partial charge in [0.05, 0.1) is 5.69 Å². The van der Waals surface area contributed by atoms with Crippen LogP contribution >= 0.6 is 0 Å². The first kappa shape index (κ1) is 6.43. The molecule has 0 saturated carbocycles. The highest BCUT2D eigenvalue weighted by Gasteiger charge is 1.85. The van der Waals surface area contributed by atoms with Crippen LogP contribution < -0.4 is 0 Å². The fraction of sp³-hybridized carbons (Fsp3) is 0. The van der Waals surface area contributed by atoms with Crippen molar-refractivity contribution in [3.8, 4) is 11.8 Å². The van der Waals surface area contributed by atoms with Crippen molar-refractivity contribution in [3.05, 3.63) is 24.0 Å². The van der Waals surface area contributed by atoms with Crippen LogP contribution in [0.5, 0.6) is 0 Å². The molecule has 0 atom stereocenters. The van der Waals surface area contributed by atoms with Crippen molar-refractivity contribution in [2.45, 2.75) is 0 Å². The van der Waals surface area contributed by atoms with Crippen LogP contribution in [0.4, 0.5) is 0 Å². The van der Waals surface area contributed by atoms with E-state index in [2.05, 4.69) is 10.9 Å². The molecule has 0 aliphatic carbocycles. The third-order valence-electron chi connectivity index (χ3n) is 0.902. The van der Waals surface area contributed by atoms with E-state index >= 15 is 0 Å². The van der Waals surface area contributed by atoms with Gasteiger partial charge in [-0.2, -0.15) is 0 Å². The van der Waals surface area contributed by atoms with Crippen molar-refractivity contribution in [1.82, 2.24) is 4.98 Å². The number of nitrogens with one attached hydrogen (secondary N) is 1. The first-order chi connectivity index (χ1) is 4.79. The number of hydrogen-bond donors (Lipinski definition) is 2. The van der Waals surface area contributed by atoms with Crippen LogP contribution in [-0.4, -0.2) is 16.1 Å². The largest absolute Gasteiger partial charge is 0.472 e. The number of carbonyl (C=O) groups is 1. The number of aliphatic carboxylic acids is 1. The SMILES string of the molecule is O=C(O)C#Cc1ccc[nH]1. The van der Waals surface area contributed by atoms with Crippen LogP contribution in [0.2, 0.25) is 0 Å².